The topological polar surface area (TPSA) is 38.7 Å². The molecular weight excluding hydrogens is 278 g/mol. The zero-order valence-corrected chi connectivity index (χ0v) is 11.2. The number of aromatic nitrogens is 3. The molecule has 3 aromatic heterocycles. The molecule has 94 valence electrons. The summed E-state index contributed by atoms with van der Waals surface area (Å²) in [4.78, 5) is 13.1. The molecular formula is C15H11FeN3. The Bertz CT molecular complexity index is 583. The van der Waals surface area contributed by atoms with Crippen molar-refractivity contribution in [3.63, 3.8) is 0 Å². The third-order valence-corrected chi connectivity index (χ3v) is 2.66. The van der Waals surface area contributed by atoms with Gasteiger partial charge in [0.1, 0.15) is 0 Å². The van der Waals surface area contributed by atoms with Crippen molar-refractivity contribution >= 4 is 0 Å². The number of hydrogen-bond donors (Lipinski definition) is 0. The normalized spacial score (nSPS) is 9.68. The van der Waals surface area contributed by atoms with E-state index in [1.807, 2.05) is 48.5 Å². The summed E-state index contributed by atoms with van der Waals surface area (Å²) < 4.78 is 0. The van der Waals surface area contributed by atoms with Gasteiger partial charge in [-0.05, 0) is 36.4 Å². The summed E-state index contributed by atoms with van der Waals surface area (Å²) in [5, 5.41) is 0. The Labute approximate surface area is 122 Å². The van der Waals surface area contributed by atoms with Crippen LogP contribution in [0.15, 0.2) is 67.1 Å². The van der Waals surface area contributed by atoms with Gasteiger partial charge in [-0.2, -0.15) is 0 Å². The molecule has 0 saturated heterocycles. The average molecular weight is 289 g/mol. The van der Waals surface area contributed by atoms with Gasteiger partial charge in [-0.15, -0.1) is 0 Å². The second kappa shape index (κ2) is 6.23. The molecule has 0 spiro atoms. The Morgan fingerprint density at radius 1 is 0.579 bits per heavy atom. The molecule has 0 saturated carbocycles. The van der Waals surface area contributed by atoms with Crippen LogP contribution in [0.3, 0.4) is 0 Å². The van der Waals surface area contributed by atoms with E-state index < -0.39 is 0 Å². The van der Waals surface area contributed by atoms with E-state index in [0.717, 1.165) is 22.6 Å². The summed E-state index contributed by atoms with van der Waals surface area (Å²) in [5.74, 6) is 0. The summed E-state index contributed by atoms with van der Waals surface area (Å²) in [6.45, 7) is 0. The predicted octanol–water partition coefficient (Wildman–Crippen LogP) is 3.20. The molecule has 0 fully saturated rings. The van der Waals surface area contributed by atoms with Gasteiger partial charge in [-0.1, -0.05) is 12.1 Å². The molecule has 0 aromatic carbocycles. The fourth-order valence-corrected chi connectivity index (χ4v) is 1.84. The van der Waals surface area contributed by atoms with Crippen LogP contribution in [0, 0.1) is 0 Å². The van der Waals surface area contributed by atoms with E-state index in [9.17, 15) is 0 Å². The Morgan fingerprint density at radius 2 is 1.21 bits per heavy atom. The second-order valence-corrected chi connectivity index (χ2v) is 3.83. The Balaban J connectivity index is 0.00000133. The van der Waals surface area contributed by atoms with Gasteiger partial charge in [-0.25, -0.2) is 0 Å². The van der Waals surface area contributed by atoms with E-state index in [1.54, 1.807) is 18.6 Å². The van der Waals surface area contributed by atoms with Gasteiger partial charge in [0, 0.05) is 41.2 Å². The van der Waals surface area contributed by atoms with Crippen molar-refractivity contribution in [3.05, 3.63) is 67.1 Å². The number of nitrogens with zero attached hydrogens (tertiary/aromatic N) is 3. The monoisotopic (exact) mass is 289 g/mol. The van der Waals surface area contributed by atoms with Crippen molar-refractivity contribution in [1.82, 2.24) is 15.0 Å². The number of rotatable bonds is 2. The summed E-state index contributed by atoms with van der Waals surface area (Å²) in [5.41, 5.74) is 3.62. The molecule has 0 amide bonds. The summed E-state index contributed by atoms with van der Waals surface area (Å²) in [6.07, 6.45) is 5.33. The number of hydrogen-bond acceptors (Lipinski definition) is 3. The molecule has 0 aliphatic rings. The smallest absolute Gasteiger partial charge is 0.0980 e. The summed E-state index contributed by atoms with van der Waals surface area (Å²) in [7, 11) is 0. The van der Waals surface area contributed by atoms with Crippen molar-refractivity contribution in [3.8, 4) is 22.6 Å². The van der Waals surface area contributed by atoms with E-state index in [1.165, 1.54) is 0 Å². The Morgan fingerprint density at radius 3 is 1.84 bits per heavy atom. The van der Waals surface area contributed by atoms with Gasteiger partial charge in [-0.3, -0.25) is 15.0 Å². The standard InChI is InChI=1S/C15H11N3.Fe/c1-3-9-16-13(7-1)12-6-5-11-18-15(12)14-8-2-4-10-17-14;/h1-11H;. The van der Waals surface area contributed by atoms with E-state index >= 15 is 0 Å². The van der Waals surface area contributed by atoms with E-state index in [2.05, 4.69) is 15.0 Å². The van der Waals surface area contributed by atoms with Crippen LogP contribution in [0.4, 0.5) is 0 Å². The summed E-state index contributed by atoms with van der Waals surface area (Å²) in [6, 6.07) is 15.6. The van der Waals surface area contributed by atoms with Crippen molar-refractivity contribution in [1.29, 1.82) is 0 Å². The molecule has 0 bridgehead atoms. The molecule has 0 aliphatic carbocycles. The van der Waals surface area contributed by atoms with Crippen LogP contribution in [0.1, 0.15) is 0 Å². The third kappa shape index (κ3) is 2.87. The molecule has 3 nitrogen and oxygen atoms in total. The van der Waals surface area contributed by atoms with E-state index in [0.29, 0.717) is 0 Å². The van der Waals surface area contributed by atoms with Crippen LogP contribution in [0.2, 0.25) is 0 Å². The van der Waals surface area contributed by atoms with Gasteiger partial charge >= 0.3 is 0 Å². The largest absolute Gasteiger partial charge is 0.256 e. The molecule has 0 aliphatic heterocycles. The van der Waals surface area contributed by atoms with Crippen LogP contribution in [0.25, 0.3) is 22.6 Å². The Kier molecular flexibility index (Phi) is 4.39. The molecule has 3 heterocycles. The third-order valence-electron chi connectivity index (χ3n) is 2.66. The van der Waals surface area contributed by atoms with Crippen LogP contribution in [0.5, 0.6) is 0 Å². The minimum Gasteiger partial charge on any atom is -0.256 e. The fourth-order valence-electron chi connectivity index (χ4n) is 1.84. The van der Waals surface area contributed by atoms with Crippen LogP contribution in [-0.2, 0) is 17.1 Å². The minimum absolute atomic E-state index is 0. The zero-order chi connectivity index (χ0) is 12.2. The van der Waals surface area contributed by atoms with Crippen LogP contribution >= 0.6 is 0 Å². The molecule has 3 aromatic rings. The second-order valence-electron chi connectivity index (χ2n) is 3.83. The van der Waals surface area contributed by atoms with E-state index in [-0.39, 0.29) is 17.1 Å². The minimum atomic E-state index is 0. The average Bonchev–Trinajstić information content (AvgIpc) is 2.49. The molecule has 0 unspecified atom stereocenters. The SMILES string of the molecule is [Fe].c1ccc(-c2cccnc2-c2ccccn2)nc1. The van der Waals surface area contributed by atoms with Gasteiger partial charge in [0.15, 0.2) is 0 Å². The van der Waals surface area contributed by atoms with Gasteiger partial charge in [0.25, 0.3) is 0 Å². The van der Waals surface area contributed by atoms with Crippen molar-refractivity contribution < 1.29 is 17.1 Å². The molecule has 0 radical (unpaired) electrons. The van der Waals surface area contributed by atoms with Crippen molar-refractivity contribution in [2.24, 2.45) is 0 Å². The molecule has 19 heavy (non-hydrogen) atoms. The zero-order valence-electron chi connectivity index (χ0n) is 10.0. The first kappa shape index (κ1) is 13.4. The predicted molar refractivity (Wildman–Crippen MR) is 70.7 cm³/mol. The number of pyridine rings is 3. The van der Waals surface area contributed by atoms with Crippen LogP contribution < -0.4 is 0 Å². The fraction of sp³-hybridized carbons (Fsp3) is 0. The van der Waals surface area contributed by atoms with Gasteiger partial charge in [0.2, 0.25) is 0 Å². The van der Waals surface area contributed by atoms with Crippen molar-refractivity contribution in [2.45, 2.75) is 0 Å². The Hall–Kier alpha value is -2.03. The van der Waals surface area contributed by atoms with E-state index in [4.69, 9.17) is 0 Å². The summed E-state index contributed by atoms with van der Waals surface area (Å²) >= 11 is 0. The molecule has 4 heteroatoms. The maximum atomic E-state index is 4.42. The molecule has 0 N–H and O–H groups in total. The first-order valence-electron chi connectivity index (χ1n) is 5.73. The molecule has 0 atom stereocenters. The first-order valence-corrected chi connectivity index (χ1v) is 5.73. The van der Waals surface area contributed by atoms with Crippen molar-refractivity contribution in [2.75, 3.05) is 0 Å². The van der Waals surface area contributed by atoms with Gasteiger partial charge in [0.05, 0.1) is 17.1 Å². The first-order chi connectivity index (χ1) is 8.95. The maximum absolute atomic E-state index is 4.42. The van der Waals surface area contributed by atoms with Gasteiger partial charge < -0.3 is 0 Å². The van der Waals surface area contributed by atoms with Crippen LogP contribution in [-0.4, -0.2) is 15.0 Å². The maximum Gasteiger partial charge on any atom is 0.0980 e. The molecule has 3 rings (SSSR count). The quantitative estimate of drug-likeness (QED) is 0.680.